The molecule has 0 N–H and O–H groups in total. The Morgan fingerprint density at radius 1 is 1.53 bits per heavy atom. The third kappa shape index (κ3) is 3.16. The minimum atomic E-state index is 0.241. The minimum absolute atomic E-state index is 0.241. The molecule has 1 aromatic rings. The third-order valence-electron chi connectivity index (χ3n) is 2.70. The highest BCUT2D eigenvalue weighted by molar-refractivity contribution is 9.10. The maximum atomic E-state index is 6.08. The summed E-state index contributed by atoms with van der Waals surface area (Å²) in [5.41, 5.74) is 0.785. The van der Waals surface area contributed by atoms with Crippen LogP contribution in [-0.2, 0) is 16.1 Å². The molecule has 94 valence electrons. The van der Waals surface area contributed by atoms with Gasteiger partial charge in [-0.3, -0.25) is 0 Å². The monoisotopic (exact) mass is 320 g/mol. The van der Waals surface area contributed by atoms with Crippen molar-refractivity contribution in [3.8, 4) is 0 Å². The topological polar surface area (TPSA) is 44.2 Å². The molecule has 1 aromatic heterocycles. The maximum Gasteiger partial charge on any atom is 0.147 e. The molecule has 17 heavy (non-hydrogen) atoms. The quantitative estimate of drug-likeness (QED) is 0.803. The molecule has 1 atom stereocenters. The zero-order valence-corrected chi connectivity index (χ0v) is 11.9. The fraction of sp³-hybridized carbons (Fsp3) is 0.636. The van der Waals surface area contributed by atoms with Gasteiger partial charge >= 0.3 is 0 Å². The molecular weight excluding hydrogens is 307 g/mol. The highest BCUT2D eigenvalue weighted by atomic mass is 79.9. The molecule has 1 aliphatic rings. The number of aromatic nitrogens is 2. The van der Waals surface area contributed by atoms with E-state index in [9.17, 15) is 0 Å². The van der Waals surface area contributed by atoms with Crippen LogP contribution >= 0.6 is 27.5 Å². The summed E-state index contributed by atoms with van der Waals surface area (Å²) in [6.07, 6.45) is 2.09. The van der Waals surface area contributed by atoms with E-state index < -0.39 is 0 Å². The van der Waals surface area contributed by atoms with E-state index in [1.54, 1.807) is 7.11 Å². The van der Waals surface area contributed by atoms with Crippen LogP contribution in [0.4, 0.5) is 0 Å². The van der Waals surface area contributed by atoms with Gasteiger partial charge in [0.25, 0.3) is 0 Å². The molecular formula is C11H14BrClN2O2. The number of ether oxygens (including phenoxy) is 2. The van der Waals surface area contributed by atoms with E-state index in [0.717, 1.165) is 31.0 Å². The van der Waals surface area contributed by atoms with Gasteiger partial charge in [0.1, 0.15) is 11.0 Å². The summed E-state index contributed by atoms with van der Waals surface area (Å²) in [6.45, 7) is 1.92. The fourth-order valence-electron chi connectivity index (χ4n) is 1.84. The number of nitrogens with zero attached hydrogens (tertiary/aromatic N) is 2. The Hall–Kier alpha value is -0.230. The Morgan fingerprint density at radius 2 is 2.35 bits per heavy atom. The number of hydrogen-bond acceptors (Lipinski definition) is 4. The lowest BCUT2D eigenvalue weighted by atomic mass is 10.0. The van der Waals surface area contributed by atoms with Crippen molar-refractivity contribution in [3.05, 3.63) is 21.1 Å². The van der Waals surface area contributed by atoms with Crippen molar-refractivity contribution in [2.45, 2.75) is 25.4 Å². The first-order chi connectivity index (χ1) is 8.22. The number of halogens is 2. The van der Waals surface area contributed by atoms with Crippen LogP contribution in [-0.4, -0.2) is 30.3 Å². The lowest BCUT2D eigenvalue weighted by Crippen LogP contribution is -2.18. The van der Waals surface area contributed by atoms with Gasteiger partial charge in [-0.05, 0) is 28.8 Å². The largest absolute Gasteiger partial charge is 0.381 e. The highest BCUT2D eigenvalue weighted by Crippen LogP contribution is 2.29. The Balaban J connectivity index is 2.27. The van der Waals surface area contributed by atoms with E-state index in [0.29, 0.717) is 22.8 Å². The van der Waals surface area contributed by atoms with Crippen LogP contribution in [0.5, 0.6) is 0 Å². The van der Waals surface area contributed by atoms with Crippen LogP contribution < -0.4 is 0 Å². The normalized spacial score (nSPS) is 20.5. The fourth-order valence-corrected chi connectivity index (χ4v) is 2.33. The first-order valence-corrected chi connectivity index (χ1v) is 6.68. The summed E-state index contributed by atoms with van der Waals surface area (Å²) in [5.74, 6) is 0.995. The van der Waals surface area contributed by atoms with Crippen LogP contribution in [0, 0.1) is 0 Å². The van der Waals surface area contributed by atoms with Crippen LogP contribution in [0.3, 0.4) is 0 Å². The standard InChI is InChI=1S/C11H14BrClN2O2/c1-16-6-8-9(12)10(13)15-11(14-8)7-3-2-4-17-5-7/h7H,2-6H2,1H3. The Kier molecular flexibility index (Phi) is 4.73. The van der Waals surface area contributed by atoms with Gasteiger partial charge in [0, 0.05) is 19.6 Å². The maximum absolute atomic E-state index is 6.08. The Labute approximate surface area is 114 Å². The van der Waals surface area contributed by atoms with Gasteiger partial charge in [-0.1, -0.05) is 11.6 Å². The van der Waals surface area contributed by atoms with Gasteiger partial charge in [-0.15, -0.1) is 0 Å². The minimum Gasteiger partial charge on any atom is -0.381 e. The molecule has 2 heterocycles. The van der Waals surface area contributed by atoms with Crippen molar-refractivity contribution in [1.82, 2.24) is 9.97 Å². The SMILES string of the molecule is COCc1nc(C2CCCOC2)nc(Cl)c1Br. The summed E-state index contributed by atoms with van der Waals surface area (Å²) < 4.78 is 11.2. The molecule has 2 rings (SSSR count). The van der Waals surface area contributed by atoms with Gasteiger partial charge in [0.2, 0.25) is 0 Å². The van der Waals surface area contributed by atoms with E-state index in [1.165, 1.54) is 0 Å². The molecule has 0 radical (unpaired) electrons. The van der Waals surface area contributed by atoms with Crippen molar-refractivity contribution >= 4 is 27.5 Å². The second-order valence-electron chi connectivity index (χ2n) is 3.98. The lowest BCUT2D eigenvalue weighted by Gasteiger charge is -2.21. The van der Waals surface area contributed by atoms with E-state index in [1.807, 2.05) is 0 Å². The summed E-state index contributed by atoms with van der Waals surface area (Å²) >= 11 is 9.45. The Bertz CT molecular complexity index is 397. The van der Waals surface area contributed by atoms with Gasteiger partial charge < -0.3 is 9.47 Å². The zero-order chi connectivity index (χ0) is 12.3. The lowest BCUT2D eigenvalue weighted by molar-refractivity contribution is 0.0778. The molecule has 1 fully saturated rings. The average Bonchev–Trinajstić information content (AvgIpc) is 2.36. The molecule has 6 heteroatoms. The molecule has 0 amide bonds. The second-order valence-corrected chi connectivity index (χ2v) is 5.13. The van der Waals surface area contributed by atoms with E-state index in [4.69, 9.17) is 21.1 Å². The van der Waals surface area contributed by atoms with Crippen LogP contribution in [0.2, 0.25) is 5.15 Å². The Morgan fingerprint density at radius 3 is 3.00 bits per heavy atom. The molecule has 1 saturated heterocycles. The molecule has 0 aliphatic carbocycles. The van der Waals surface area contributed by atoms with E-state index in [-0.39, 0.29) is 5.92 Å². The number of hydrogen-bond donors (Lipinski definition) is 0. The number of rotatable bonds is 3. The average molecular weight is 322 g/mol. The van der Waals surface area contributed by atoms with Crippen molar-refractivity contribution in [2.24, 2.45) is 0 Å². The molecule has 0 aromatic carbocycles. The first kappa shape index (κ1) is 13.2. The van der Waals surface area contributed by atoms with Crippen LogP contribution in [0.15, 0.2) is 4.47 Å². The van der Waals surface area contributed by atoms with Crippen molar-refractivity contribution in [1.29, 1.82) is 0 Å². The number of methoxy groups -OCH3 is 1. The summed E-state index contributed by atoms with van der Waals surface area (Å²) in [5, 5.41) is 0.438. The van der Waals surface area contributed by atoms with Crippen molar-refractivity contribution in [3.63, 3.8) is 0 Å². The molecule has 1 aliphatic heterocycles. The van der Waals surface area contributed by atoms with Gasteiger partial charge in [-0.25, -0.2) is 9.97 Å². The highest BCUT2D eigenvalue weighted by Gasteiger charge is 2.21. The first-order valence-electron chi connectivity index (χ1n) is 5.51. The summed E-state index contributed by atoms with van der Waals surface area (Å²) in [4.78, 5) is 8.81. The second kappa shape index (κ2) is 6.09. The van der Waals surface area contributed by atoms with Gasteiger partial charge in [-0.2, -0.15) is 0 Å². The third-order valence-corrected chi connectivity index (χ3v) is 4.04. The van der Waals surface area contributed by atoms with Crippen LogP contribution in [0.1, 0.15) is 30.3 Å². The molecule has 1 unspecified atom stereocenters. The van der Waals surface area contributed by atoms with Crippen molar-refractivity contribution in [2.75, 3.05) is 20.3 Å². The molecule has 0 saturated carbocycles. The predicted octanol–water partition coefficient (Wildman–Crippen LogP) is 2.93. The molecule has 4 nitrogen and oxygen atoms in total. The predicted molar refractivity (Wildman–Crippen MR) is 68.2 cm³/mol. The van der Waals surface area contributed by atoms with E-state index >= 15 is 0 Å². The van der Waals surface area contributed by atoms with Gasteiger partial charge in [0.05, 0.1) is 23.4 Å². The summed E-state index contributed by atoms with van der Waals surface area (Å²) in [6, 6.07) is 0. The van der Waals surface area contributed by atoms with Crippen molar-refractivity contribution < 1.29 is 9.47 Å². The summed E-state index contributed by atoms with van der Waals surface area (Å²) in [7, 11) is 1.63. The molecule has 0 bridgehead atoms. The molecule has 0 spiro atoms. The van der Waals surface area contributed by atoms with Crippen LogP contribution in [0.25, 0.3) is 0 Å². The zero-order valence-electron chi connectivity index (χ0n) is 9.58. The smallest absolute Gasteiger partial charge is 0.147 e. The van der Waals surface area contributed by atoms with Gasteiger partial charge in [0.15, 0.2) is 0 Å². The van der Waals surface area contributed by atoms with E-state index in [2.05, 4.69) is 25.9 Å².